The molecule has 5 rings (SSSR count). The van der Waals surface area contributed by atoms with Gasteiger partial charge in [-0.15, -0.1) is 0 Å². The van der Waals surface area contributed by atoms with E-state index in [1.54, 1.807) is 12.3 Å². The molecule has 0 aliphatic rings. The van der Waals surface area contributed by atoms with Crippen LogP contribution in [0.15, 0.2) is 65.6 Å². The van der Waals surface area contributed by atoms with Crippen molar-refractivity contribution in [3.63, 3.8) is 0 Å². The molecule has 186 valence electrons. The minimum atomic E-state index is -0.845. The van der Waals surface area contributed by atoms with E-state index in [1.807, 2.05) is 30.3 Å². The Kier molecular flexibility index (Phi) is 7.23. The van der Waals surface area contributed by atoms with Crippen molar-refractivity contribution in [2.75, 3.05) is 13.1 Å². The molecular formula is C28H25N5O3S. The minimum absolute atomic E-state index is 0.00686. The number of rotatable bonds is 9. The largest absolute Gasteiger partial charge is 0.508 e. The van der Waals surface area contributed by atoms with E-state index >= 15 is 0 Å². The van der Waals surface area contributed by atoms with Crippen molar-refractivity contribution in [3.8, 4) is 23.1 Å². The van der Waals surface area contributed by atoms with Crippen LogP contribution in [0.5, 0.6) is 5.75 Å². The lowest BCUT2D eigenvalue weighted by molar-refractivity contribution is 0.176. The second-order valence-electron chi connectivity index (χ2n) is 8.83. The normalized spacial score (nSPS) is 12.1. The van der Waals surface area contributed by atoms with Crippen molar-refractivity contribution in [1.82, 2.24) is 20.3 Å². The number of fused-ring (bicyclic) bond motifs is 2. The highest BCUT2D eigenvalue weighted by atomic mass is 32.1. The summed E-state index contributed by atoms with van der Waals surface area (Å²) >= 11 is 1.03. The zero-order valence-corrected chi connectivity index (χ0v) is 20.8. The minimum Gasteiger partial charge on any atom is -0.508 e. The van der Waals surface area contributed by atoms with Crippen molar-refractivity contribution in [3.05, 3.63) is 87.3 Å². The molecule has 8 nitrogen and oxygen atoms in total. The summed E-state index contributed by atoms with van der Waals surface area (Å²) in [6, 6.07) is 18.6. The number of aromatic hydroxyl groups is 1. The quantitative estimate of drug-likeness (QED) is 0.215. The number of nitrogens with zero attached hydrogens (tertiary/aromatic N) is 3. The summed E-state index contributed by atoms with van der Waals surface area (Å²) in [7, 11) is 0. The standard InChI is InChI=1S/C28H25N5O3S/c29-15-17-5-3-6-18(11-17)26-25-19(7-4-10-31-25)12-20(32-26)8-1-2-9-30-16-24(35)22-13-21(34)14-23-27(22)37-28(36)33-23/h3-7,10-14,24,30,34-35H,1-2,8-9,16H2,(H,33,36)/t24-/m0/s1. The Hall–Kier alpha value is -4.10. The summed E-state index contributed by atoms with van der Waals surface area (Å²) in [5.41, 5.74) is 5.06. The molecule has 37 heavy (non-hydrogen) atoms. The second-order valence-corrected chi connectivity index (χ2v) is 9.82. The first-order chi connectivity index (χ1) is 18.0. The maximum Gasteiger partial charge on any atom is 0.305 e. The predicted molar refractivity (Wildman–Crippen MR) is 145 cm³/mol. The number of phenolic OH excluding ortho intramolecular Hbond substituents is 1. The van der Waals surface area contributed by atoms with Crippen LogP contribution in [0.25, 0.3) is 32.4 Å². The third-order valence-electron chi connectivity index (χ3n) is 6.17. The molecule has 0 unspecified atom stereocenters. The van der Waals surface area contributed by atoms with Crippen molar-refractivity contribution in [2.24, 2.45) is 0 Å². The van der Waals surface area contributed by atoms with Gasteiger partial charge in [-0.1, -0.05) is 29.5 Å². The number of aromatic amines is 1. The highest BCUT2D eigenvalue weighted by Gasteiger charge is 2.15. The lowest BCUT2D eigenvalue weighted by Gasteiger charge is -2.13. The van der Waals surface area contributed by atoms with Crippen molar-refractivity contribution >= 4 is 32.5 Å². The fourth-order valence-corrected chi connectivity index (χ4v) is 5.31. The number of aryl methyl sites for hydroxylation is 1. The smallest absolute Gasteiger partial charge is 0.305 e. The number of nitrogens with one attached hydrogen (secondary N) is 2. The van der Waals surface area contributed by atoms with Gasteiger partial charge in [-0.05, 0) is 56.1 Å². The van der Waals surface area contributed by atoms with Gasteiger partial charge in [-0.25, -0.2) is 0 Å². The number of thiazole rings is 1. The van der Waals surface area contributed by atoms with Crippen LogP contribution in [-0.2, 0) is 6.42 Å². The molecule has 0 radical (unpaired) electrons. The molecular weight excluding hydrogens is 486 g/mol. The van der Waals surface area contributed by atoms with E-state index in [0.29, 0.717) is 34.4 Å². The molecule has 0 spiro atoms. The van der Waals surface area contributed by atoms with Gasteiger partial charge >= 0.3 is 4.87 Å². The lowest BCUT2D eigenvalue weighted by atomic mass is 10.0. The summed E-state index contributed by atoms with van der Waals surface area (Å²) in [5, 5.41) is 34.1. The van der Waals surface area contributed by atoms with Crippen LogP contribution in [0.4, 0.5) is 0 Å². The van der Waals surface area contributed by atoms with Gasteiger partial charge in [0.15, 0.2) is 0 Å². The molecule has 0 bridgehead atoms. The van der Waals surface area contributed by atoms with E-state index in [1.165, 1.54) is 12.1 Å². The first-order valence-corrected chi connectivity index (χ1v) is 12.8. The Balaban J connectivity index is 1.20. The summed E-state index contributed by atoms with van der Waals surface area (Å²) < 4.78 is 0.657. The van der Waals surface area contributed by atoms with Crippen LogP contribution in [-0.4, -0.2) is 38.3 Å². The fourth-order valence-electron chi connectivity index (χ4n) is 4.43. The van der Waals surface area contributed by atoms with Crippen LogP contribution in [0.1, 0.15) is 35.8 Å². The SMILES string of the molecule is N#Cc1cccc(-c2nc(CCCCNC[C@H](O)c3cc(O)cc4[nH]c(=O)sc34)cc3cccnc23)c1. The zero-order valence-electron chi connectivity index (χ0n) is 19.9. The van der Waals surface area contributed by atoms with Gasteiger partial charge in [-0.3, -0.25) is 14.8 Å². The molecule has 0 saturated carbocycles. The number of aliphatic hydroxyl groups is 1. The van der Waals surface area contributed by atoms with Crippen LogP contribution in [0, 0.1) is 11.3 Å². The van der Waals surface area contributed by atoms with Crippen LogP contribution >= 0.6 is 11.3 Å². The third-order valence-corrected chi connectivity index (χ3v) is 7.12. The Labute approximate surface area is 216 Å². The zero-order chi connectivity index (χ0) is 25.8. The van der Waals surface area contributed by atoms with Gasteiger partial charge in [-0.2, -0.15) is 5.26 Å². The van der Waals surface area contributed by atoms with E-state index in [9.17, 15) is 20.3 Å². The first kappa shape index (κ1) is 24.6. The molecule has 1 atom stereocenters. The summed E-state index contributed by atoms with van der Waals surface area (Å²) in [6.07, 6.45) is 3.47. The number of aromatic nitrogens is 3. The average molecular weight is 512 g/mol. The number of phenols is 1. The number of nitriles is 1. The molecule has 5 aromatic rings. The van der Waals surface area contributed by atoms with Crippen molar-refractivity contribution < 1.29 is 10.2 Å². The Morgan fingerprint density at radius 1 is 1.14 bits per heavy atom. The Morgan fingerprint density at radius 3 is 2.89 bits per heavy atom. The molecule has 0 fully saturated rings. The van der Waals surface area contributed by atoms with Gasteiger partial charge in [0.05, 0.1) is 39.2 Å². The lowest BCUT2D eigenvalue weighted by Crippen LogP contribution is -2.22. The molecule has 3 heterocycles. The van der Waals surface area contributed by atoms with Crippen LogP contribution in [0.3, 0.4) is 0 Å². The topological polar surface area (TPSA) is 135 Å². The average Bonchev–Trinajstić information content (AvgIpc) is 3.29. The summed E-state index contributed by atoms with van der Waals surface area (Å²) in [5.74, 6) is 0.00686. The Bertz CT molecular complexity index is 1670. The van der Waals surface area contributed by atoms with E-state index < -0.39 is 6.10 Å². The number of pyridine rings is 2. The number of unbranched alkanes of at least 4 members (excludes halogenated alkanes) is 1. The van der Waals surface area contributed by atoms with Gasteiger partial charge in [0, 0.05) is 41.0 Å². The molecule has 0 amide bonds. The highest BCUT2D eigenvalue weighted by Crippen LogP contribution is 2.30. The third kappa shape index (κ3) is 5.52. The molecule has 9 heteroatoms. The molecule has 2 aromatic carbocycles. The maximum atomic E-state index is 11.7. The monoisotopic (exact) mass is 511 g/mol. The molecule has 0 aliphatic carbocycles. The molecule has 3 aromatic heterocycles. The number of hydrogen-bond acceptors (Lipinski definition) is 8. The van der Waals surface area contributed by atoms with Crippen molar-refractivity contribution in [2.45, 2.75) is 25.4 Å². The highest BCUT2D eigenvalue weighted by molar-refractivity contribution is 7.16. The summed E-state index contributed by atoms with van der Waals surface area (Å²) in [6.45, 7) is 1.01. The van der Waals surface area contributed by atoms with Crippen LogP contribution in [0.2, 0.25) is 0 Å². The van der Waals surface area contributed by atoms with Gasteiger partial charge < -0.3 is 20.5 Å². The number of aliphatic hydroxyl groups excluding tert-OH is 1. The van der Waals surface area contributed by atoms with E-state index in [0.717, 1.165) is 58.5 Å². The van der Waals surface area contributed by atoms with Gasteiger partial charge in [0.25, 0.3) is 0 Å². The fraction of sp³-hybridized carbons (Fsp3) is 0.214. The van der Waals surface area contributed by atoms with E-state index in [-0.39, 0.29) is 10.6 Å². The van der Waals surface area contributed by atoms with Gasteiger partial charge in [0.2, 0.25) is 0 Å². The molecule has 0 aliphatic heterocycles. The van der Waals surface area contributed by atoms with Gasteiger partial charge in [0.1, 0.15) is 5.75 Å². The maximum absolute atomic E-state index is 11.7. The predicted octanol–water partition coefficient (Wildman–Crippen LogP) is 4.42. The Morgan fingerprint density at radius 2 is 2.03 bits per heavy atom. The van der Waals surface area contributed by atoms with Crippen molar-refractivity contribution in [1.29, 1.82) is 5.26 Å². The number of hydrogen-bond donors (Lipinski definition) is 4. The van der Waals surface area contributed by atoms with Crippen LogP contribution < -0.4 is 10.2 Å². The summed E-state index contributed by atoms with van der Waals surface area (Å²) in [4.78, 5) is 23.6. The first-order valence-electron chi connectivity index (χ1n) is 12.0. The molecule has 0 saturated heterocycles. The molecule has 4 N–H and O–H groups in total. The second kappa shape index (κ2) is 10.9. The van der Waals surface area contributed by atoms with E-state index in [4.69, 9.17) is 4.98 Å². The number of H-pyrrole nitrogens is 1. The number of benzene rings is 2. The van der Waals surface area contributed by atoms with E-state index in [2.05, 4.69) is 27.4 Å².